The van der Waals surface area contributed by atoms with E-state index in [9.17, 15) is 14.7 Å². The summed E-state index contributed by atoms with van der Waals surface area (Å²) >= 11 is 6.55. The minimum atomic E-state index is -1.18. The molecule has 0 unspecified atom stereocenters. The van der Waals surface area contributed by atoms with Gasteiger partial charge >= 0.3 is 12.0 Å². The first-order chi connectivity index (χ1) is 22.6. The number of aliphatic hydroxyl groups excluding tert-OH is 1. The Labute approximate surface area is 278 Å². The second-order valence-corrected chi connectivity index (χ2v) is 10.9. The summed E-state index contributed by atoms with van der Waals surface area (Å²) in [6, 6.07) is 15.2. The number of amides is 2. The molecule has 1 aliphatic heterocycles. The summed E-state index contributed by atoms with van der Waals surface area (Å²) in [5, 5.41) is 20.3. The van der Waals surface area contributed by atoms with E-state index >= 15 is 0 Å². The number of nitrogens with zero attached hydrogens (tertiary/aromatic N) is 1. The van der Waals surface area contributed by atoms with Crippen LogP contribution in [0.25, 0.3) is 0 Å². The minimum Gasteiger partial charge on any atom is -0.490 e. The molecule has 0 radical (unpaired) electrons. The molecule has 2 atom stereocenters. The Bertz CT molecular complexity index is 1630. The van der Waals surface area contributed by atoms with Crippen LogP contribution >= 0.6 is 11.6 Å². The van der Waals surface area contributed by atoms with Crippen molar-refractivity contribution in [1.82, 2.24) is 16.1 Å². The molecule has 3 aromatic carbocycles. The number of aryl methyl sites for hydroxylation is 1. The van der Waals surface area contributed by atoms with Crippen LogP contribution in [-0.2, 0) is 16.1 Å². The molecule has 0 spiro atoms. The molecule has 0 bridgehead atoms. The Balaban J connectivity index is 1.40. The number of nitrogens with one attached hydrogen (secondary N) is 3. The molecule has 2 amide bonds. The number of allylic oxidation sites excluding steroid dienone is 1. The van der Waals surface area contributed by atoms with Gasteiger partial charge in [0, 0.05) is 5.70 Å². The molecule has 0 saturated carbocycles. The topological polar surface area (TPSA) is 149 Å². The summed E-state index contributed by atoms with van der Waals surface area (Å²) in [6.45, 7) is 8.21. The van der Waals surface area contributed by atoms with Crippen molar-refractivity contribution >= 4 is 29.8 Å². The van der Waals surface area contributed by atoms with Crippen molar-refractivity contribution in [2.45, 2.75) is 46.6 Å². The highest BCUT2D eigenvalue weighted by molar-refractivity contribution is 6.32. The second kappa shape index (κ2) is 16.6. The highest BCUT2D eigenvalue weighted by atomic mass is 35.5. The smallest absolute Gasteiger partial charge is 0.337 e. The van der Waals surface area contributed by atoms with Crippen LogP contribution in [0.3, 0.4) is 0 Å². The Morgan fingerprint density at radius 3 is 2.43 bits per heavy atom. The van der Waals surface area contributed by atoms with Crippen LogP contribution in [0, 0.1) is 6.92 Å². The van der Waals surface area contributed by atoms with Gasteiger partial charge in [0.2, 0.25) is 0 Å². The van der Waals surface area contributed by atoms with Crippen molar-refractivity contribution in [3.8, 4) is 23.0 Å². The largest absolute Gasteiger partial charge is 0.490 e. The monoisotopic (exact) mass is 666 g/mol. The number of hydrazone groups is 1. The molecule has 13 heteroatoms. The molecule has 250 valence electrons. The van der Waals surface area contributed by atoms with Gasteiger partial charge in [-0.25, -0.2) is 9.59 Å². The first-order valence-corrected chi connectivity index (χ1v) is 15.4. The number of hydrogen-bond acceptors (Lipinski definition) is 10. The maximum Gasteiger partial charge on any atom is 0.337 e. The number of hydrogen-bond donors (Lipinski definition) is 4. The van der Waals surface area contributed by atoms with Gasteiger partial charge in [0.05, 0.1) is 43.2 Å². The summed E-state index contributed by atoms with van der Waals surface area (Å²) < 4.78 is 28.3. The molecule has 3 aromatic rings. The van der Waals surface area contributed by atoms with Crippen LogP contribution < -0.4 is 35.0 Å². The highest BCUT2D eigenvalue weighted by Gasteiger charge is 2.32. The average molecular weight is 667 g/mol. The Morgan fingerprint density at radius 2 is 1.72 bits per heavy atom. The lowest BCUT2D eigenvalue weighted by Gasteiger charge is -2.28. The van der Waals surface area contributed by atoms with Crippen LogP contribution in [0.5, 0.6) is 23.0 Å². The molecule has 4 rings (SSSR count). The fourth-order valence-electron chi connectivity index (χ4n) is 4.73. The third-order valence-electron chi connectivity index (χ3n) is 6.94. The van der Waals surface area contributed by atoms with E-state index in [1.54, 1.807) is 37.3 Å². The van der Waals surface area contributed by atoms with Crippen LogP contribution in [-0.4, -0.2) is 56.5 Å². The van der Waals surface area contributed by atoms with E-state index in [0.29, 0.717) is 64.7 Å². The number of aliphatic hydroxyl groups is 1. The lowest BCUT2D eigenvalue weighted by Crippen LogP contribution is -2.45. The summed E-state index contributed by atoms with van der Waals surface area (Å²) in [5.74, 6) is 1.03. The zero-order valence-corrected chi connectivity index (χ0v) is 27.6. The normalized spacial score (nSPS) is 15.0. The van der Waals surface area contributed by atoms with E-state index in [0.717, 1.165) is 11.1 Å². The van der Waals surface area contributed by atoms with Gasteiger partial charge in [-0.3, -0.25) is 5.43 Å². The number of ether oxygens (including phenoxy) is 5. The van der Waals surface area contributed by atoms with Gasteiger partial charge in [-0.1, -0.05) is 47.5 Å². The number of benzene rings is 3. The first-order valence-electron chi connectivity index (χ1n) is 15.0. The fourth-order valence-corrected chi connectivity index (χ4v) is 5.00. The van der Waals surface area contributed by atoms with E-state index < -0.39 is 24.3 Å². The van der Waals surface area contributed by atoms with Gasteiger partial charge in [-0.15, -0.1) is 0 Å². The Hall–Kier alpha value is -4.94. The van der Waals surface area contributed by atoms with Crippen LogP contribution in [0.15, 0.2) is 71.0 Å². The van der Waals surface area contributed by atoms with Gasteiger partial charge in [0.15, 0.2) is 29.2 Å². The van der Waals surface area contributed by atoms with Crippen molar-refractivity contribution in [1.29, 1.82) is 0 Å². The maximum absolute atomic E-state index is 12.5. The molecule has 0 aromatic heterocycles. The fraction of sp³-hybridized carbons (Fsp3) is 0.324. The lowest BCUT2D eigenvalue weighted by atomic mass is 9.95. The van der Waals surface area contributed by atoms with Crippen molar-refractivity contribution in [2.24, 2.45) is 5.10 Å². The number of carbonyl (C=O) groups excluding carboxylic acids is 2. The zero-order valence-electron chi connectivity index (χ0n) is 26.9. The number of urea groups is 1. The second-order valence-electron chi connectivity index (χ2n) is 10.5. The molecule has 47 heavy (non-hydrogen) atoms. The van der Waals surface area contributed by atoms with Gasteiger partial charge in [0.25, 0.3) is 0 Å². The average Bonchev–Trinajstić information content (AvgIpc) is 3.04. The van der Waals surface area contributed by atoms with Gasteiger partial charge < -0.3 is 39.4 Å². The Kier molecular flexibility index (Phi) is 12.3. The van der Waals surface area contributed by atoms with E-state index in [1.165, 1.54) is 13.3 Å². The van der Waals surface area contributed by atoms with E-state index in [1.807, 2.05) is 45.0 Å². The molecular weight excluding hydrogens is 628 g/mol. The lowest BCUT2D eigenvalue weighted by molar-refractivity contribution is -0.136. The van der Waals surface area contributed by atoms with E-state index in [2.05, 4.69) is 21.2 Å². The van der Waals surface area contributed by atoms with Crippen molar-refractivity contribution < 1.29 is 38.4 Å². The molecule has 0 aliphatic carbocycles. The number of halogens is 1. The zero-order chi connectivity index (χ0) is 33.9. The summed E-state index contributed by atoms with van der Waals surface area (Å²) in [7, 11) is 1.27. The summed E-state index contributed by atoms with van der Waals surface area (Å²) in [6.07, 6.45) is 0.309. The SMILES string of the molecule is CCOc1cc([C@@H]2NC(=O)NC(C)=C2C(=O)OC)ccc1OC[C@@H](O)N/N=C\c1cc(Cl)c(OCc2ccc(C)cc2)c(OCC)c1. The molecule has 0 fully saturated rings. The molecular formula is C34H39ClN4O8. The Morgan fingerprint density at radius 1 is 1.00 bits per heavy atom. The first kappa shape index (κ1) is 34.9. The molecule has 12 nitrogen and oxygen atoms in total. The third-order valence-corrected chi connectivity index (χ3v) is 7.23. The van der Waals surface area contributed by atoms with Crippen molar-refractivity contribution in [3.63, 3.8) is 0 Å². The van der Waals surface area contributed by atoms with Crippen LogP contribution in [0.1, 0.15) is 49.1 Å². The van der Waals surface area contributed by atoms with Gasteiger partial charge in [0.1, 0.15) is 13.2 Å². The minimum absolute atomic E-state index is 0.177. The van der Waals surface area contributed by atoms with Gasteiger partial charge in [-0.05, 0) is 68.7 Å². The van der Waals surface area contributed by atoms with E-state index in [-0.39, 0.29) is 12.2 Å². The summed E-state index contributed by atoms with van der Waals surface area (Å²) in [4.78, 5) is 24.6. The third kappa shape index (κ3) is 9.30. The van der Waals surface area contributed by atoms with Crippen molar-refractivity contribution in [3.05, 3.63) is 93.1 Å². The highest BCUT2D eigenvalue weighted by Crippen LogP contribution is 2.37. The number of esters is 1. The predicted molar refractivity (Wildman–Crippen MR) is 177 cm³/mol. The summed E-state index contributed by atoms with van der Waals surface area (Å²) in [5.41, 5.74) is 6.63. The standard InChI is InChI=1S/C34H39ClN4O8/c1-6-44-27-16-24(31-30(33(41)43-5)21(4)37-34(42)38-31)12-13-26(27)46-19-29(40)39-36-17-23-14-25(35)32(28(15-23)45-7-2)47-18-22-10-8-20(3)9-11-22/h8-17,29,31,39-40H,6-7,18-19H2,1-5H3,(H2,37,38,42)/b36-17-/t29-,31+/m1/s1. The van der Waals surface area contributed by atoms with Crippen LogP contribution in [0.2, 0.25) is 5.02 Å². The number of carbonyl (C=O) groups is 2. The number of rotatable bonds is 15. The van der Waals surface area contributed by atoms with Crippen LogP contribution in [0.4, 0.5) is 4.79 Å². The van der Waals surface area contributed by atoms with E-state index in [4.69, 9.17) is 35.3 Å². The van der Waals surface area contributed by atoms with Gasteiger partial charge in [-0.2, -0.15) is 5.10 Å². The van der Waals surface area contributed by atoms with Crippen molar-refractivity contribution in [2.75, 3.05) is 26.9 Å². The quantitative estimate of drug-likeness (QED) is 0.0748. The molecule has 1 aliphatic rings. The predicted octanol–water partition coefficient (Wildman–Crippen LogP) is 5.15. The number of methoxy groups -OCH3 is 1. The molecule has 1 heterocycles. The maximum atomic E-state index is 12.5. The molecule has 0 saturated heterocycles. The molecule has 4 N–H and O–H groups in total.